The number of non-ortho nitro benzene ring substituents is 1. The largest absolute Gasteiger partial charge is 0.397 e. The number of anilines is 2. The number of hydrogen-bond donors (Lipinski definition) is 2. The van der Waals surface area contributed by atoms with E-state index in [1.165, 1.54) is 12.1 Å². The Bertz CT molecular complexity index is 354. The van der Waals surface area contributed by atoms with Crippen molar-refractivity contribution in [3.63, 3.8) is 0 Å². The van der Waals surface area contributed by atoms with E-state index in [-0.39, 0.29) is 5.69 Å². The smallest absolute Gasteiger partial charge is 0.271 e. The molecule has 0 aliphatic carbocycles. The lowest BCUT2D eigenvalue weighted by Gasteiger charge is -2.07. The molecule has 0 fully saturated rings. The van der Waals surface area contributed by atoms with E-state index in [1.807, 2.05) is 0 Å². The van der Waals surface area contributed by atoms with Crippen molar-refractivity contribution < 1.29 is 9.66 Å². The molecular formula is C9H13N3O3. The summed E-state index contributed by atoms with van der Waals surface area (Å²) in [5.41, 5.74) is 6.66. The third kappa shape index (κ3) is 3.10. The predicted octanol–water partition coefficient (Wildman–Crippen LogP) is 1.24. The minimum absolute atomic E-state index is 0.00945. The minimum Gasteiger partial charge on any atom is -0.397 e. The van der Waals surface area contributed by atoms with Gasteiger partial charge in [0.15, 0.2) is 0 Å². The highest BCUT2D eigenvalue weighted by molar-refractivity contribution is 5.69. The quantitative estimate of drug-likeness (QED) is 0.331. The maximum absolute atomic E-state index is 10.4. The minimum atomic E-state index is -0.477. The Morgan fingerprint density at radius 1 is 1.60 bits per heavy atom. The molecule has 0 aromatic heterocycles. The second-order valence-electron chi connectivity index (χ2n) is 2.95. The zero-order chi connectivity index (χ0) is 11.3. The van der Waals surface area contributed by atoms with Crippen LogP contribution < -0.4 is 11.1 Å². The second-order valence-corrected chi connectivity index (χ2v) is 2.95. The monoisotopic (exact) mass is 211 g/mol. The molecule has 0 radical (unpaired) electrons. The number of rotatable bonds is 5. The van der Waals surface area contributed by atoms with Gasteiger partial charge in [-0.25, -0.2) is 0 Å². The average molecular weight is 211 g/mol. The molecule has 6 heteroatoms. The summed E-state index contributed by atoms with van der Waals surface area (Å²) >= 11 is 0. The number of nitrogens with two attached hydrogens (primary N) is 1. The highest BCUT2D eigenvalue weighted by Gasteiger charge is 2.07. The maximum atomic E-state index is 10.4. The van der Waals surface area contributed by atoms with Crippen LogP contribution >= 0.6 is 0 Å². The molecule has 3 N–H and O–H groups in total. The molecule has 6 nitrogen and oxygen atoms in total. The van der Waals surface area contributed by atoms with Gasteiger partial charge in [-0.3, -0.25) is 10.1 Å². The molecule has 0 heterocycles. The lowest BCUT2D eigenvalue weighted by atomic mass is 10.2. The fraction of sp³-hybridized carbons (Fsp3) is 0.333. The fourth-order valence-corrected chi connectivity index (χ4v) is 1.11. The Morgan fingerprint density at radius 2 is 2.33 bits per heavy atom. The standard InChI is InChI=1S/C9H13N3O3/c1-15-5-4-11-9-3-2-7(12(13)14)6-8(9)10/h2-3,6,11H,4-5,10H2,1H3. The van der Waals surface area contributed by atoms with E-state index in [0.29, 0.717) is 24.5 Å². The molecule has 82 valence electrons. The van der Waals surface area contributed by atoms with E-state index in [0.717, 1.165) is 0 Å². The van der Waals surface area contributed by atoms with Crippen molar-refractivity contribution >= 4 is 17.1 Å². The normalized spacial score (nSPS) is 9.93. The molecule has 0 aliphatic rings. The first-order valence-corrected chi connectivity index (χ1v) is 4.42. The lowest BCUT2D eigenvalue weighted by Crippen LogP contribution is -2.09. The summed E-state index contributed by atoms with van der Waals surface area (Å²) in [6, 6.07) is 4.32. The van der Waals surface area contributed by atoms with Crippen molar-refractivity contribution in [3.05, 3.63) is 28.3 Å². The van der Waals surface area contributed by atoms with Gasteiger partial charge >= 0.3 is 0 Å². The molecule has 0 unspecified atom stereocenters. The van der Waals surface area contributed by atoms with Crippen molar-refractivity contribution in [2.45, 2.75) is 0 Å². The molecule has 1 aromatic carbocycles. The van der Waals surface area contributed by atoms with Crippen LogP contribution in [0.2, 0.25) is 0 Å². The summed E-state index contributed by atoms with van der Waals surface area (Å²) in [5.74, 6) is 0. The van der Waals surface area contributed by atoms with Crippen LogP contribution in [0.1, 0.15) is 0 Å². The van der Waals surface area contributed by atoms with Crippen LogP contribution in [0.25, 0.3) is 0 Å². The van der Waals surface area contributed by atoms with E-state index in [1.54, 1.807) is 13.2 Å². The SMILES string of the molecule is COCCNc1ccc([N+](=O)[O-])cc1N. The first-order valence-electron chi connectivity index (χ1n) is 4.42. The number of nitrogens with zero attached hydrogens (tertiary/aromatic N) is 1. The van der Waals surface area contributed by atoms with Gasteiger partial charge in [-0.2, -0.15) is 0 Å². The van der Waals surface area contributed by atoms with Crippen molar-refractivity contribution in [1.29, 1.82) is 0 Å². The van der Waals surface area contributed by atoms with Crippen molar-refractivity contribution in [1.82, 2.24) is 0 Å². The number of benzene rings is 1. The number of nitro groups is 1. The van der Waals surface area contributed by atoms with Gasteiger partial charge in [-0.05, 0) is 6.07 Å². The van der Waals surface area contributed by atoms with E-state index in [2.05, 4.69) is 5.32 Å². The Balaban J connectivity index is 2.70. The molecule has 0 saturated carbocycles. The zero-order valence-electron chi connectivity index (χ0n) is 8.40. The number of nitro benzene ring substituents is 1. The molecule has 0 amide bonds. The molecule has 1 aromatic rings. The Labute approximate surface area is 87.2 Å². The first-order chi connectivity index (χ1) is 7.15. The first kappa shape index (κ1) is 11.3. The van der Waals surface area contributed by atoms with Gasteiger partial charge in [-0.1, -0.05) is 0 Å². The Hall–Kier alpha value is -1.82. The zero-order valence-corrected chi connectivity index (χ0v) is 8.40. The summed E-state index contributed by atoms with van der Waals surface area (Å²) in [4.78, 5) is 9.96. The van der Waals surface area contributed by atoms with Crippen LogP contribution in [0.5, 0.6) is 0 Å². The summed E-state index contributed by atoms with van der Waals surface area (Å²) in [7, 11) is 1.60. The van der Waals surface area contributed by atoms with Crippen LogP contribution in [0, 0.1) is 10.1 Å². The number of nitrogens with one attached hydrogen (secondary N) is 1. The third-order valence-electron chi connectivity index (χ3n) is 1.87. The predicted molar refractivity (Wildman–Crippen MR) is 57.9 cm³/mol. The number of nitrogen functional groups attached to an aromatic ring is 1. The van der Waals surface area contributed by atoms with Crippen molar-refractivity contribution in [2.24, 2.45) is 0 Å². The molecular weight excluding hydrogens is 198 g/mol. The molecule has 0 spiro atoms. The van der Waals surface area contributed by atoms with Crippen LogP contribution in [0.3, 0.4) is 0 Å². The fourth-order valence-electron chi connectivity index (χ4n) is 1.11. The van der Waals surface area contributed by atoms with E-state index < -0.39 is 4.92 Å². The van der Waals surface area contributed by atoms with Gasteiger partial charge in [-0.15, -0.1) is 0 Å². The van der Waals surface area contributed by atoms with Crippen LogP contribution in [-0.2, 0) is 4.74 Å². The molecule has 0 saturated heterocycles. The van der Waals surface area contributed by atoms with Gasteiger partial charge in [0.1, 0.15) is 0 Å². The Kier molecular flexibility index (Phi) is 3.87. The van der Waals surface area contributed by atoms with Gasteiger partial charge in [0, 0.05) is 25.8 Å². The topological polar surface area (TPSA) is 90.4 Å². The molecule has 0 aliphatic heterocycles. The maximum Gasteiger partial charge on any atom is 0.271 e. The molecule has 15 heavy (non-hydrogen) atoms. The van der Waals surface area contributed by atoms with Gasteiger partial charge < -0.3 is 15.8 Å². The Morgan fingerprint density at radius 3 is 2.87 bits per heavy atom. The summed E-state index contributed by atoms with van der Waals surface area (Å²) in [6.07, 6.45) is 0. The third-order valence-corrected chi connectivity index (χ3v) is 1.87. The van der Waals surface area contributed by atoms with E-state index in [9.17, 15) is 10.1 Å². The summed E-state index contributed by atoms with van der Waals surface area (Å²) < 4.78 is 4.85. The van der Waals surface area contributed by atoms with Gasteiger partial charge in [0.05, 0.1) is 22.9 Å². The number of methoxy groups -OCH3 is 1. The van der Waals surface area contributed by atoms with E-state index in [4.69, 9.17) is 10.5 Å². The van der Waals surface area contributed by atoms with E-state index >= 15 is 0 Å². The van der Waals surface area contributed by atoms with Gasteiger partial charge in [0.25, 0.3) is 5.69 Å². The van der Waals surface area contributed by atoms with Crippen LogP contribution in [0.4, 0.5) is 17.1 Å². The lowest BCUT2D eigenvalue weighted by molar-refractivity contribution is -0.384. The second kappa shape index (κ2) is 5.16. The number of ether oxygens (including phenoxy) is 1. The highest BCUT2D eigenvalue weighted by atomic mass is 16.6. The average Bonchev–Trinajstić information content (AvgIpc) is 2.20. The number of hydrogen-bond acceptors (Lipinski definition) is 5. The van der Waals surface area contributed by atoms with Crippen LogP contribution in [0.15, 0.2) is 18.2 Å². The summed E-state index contributed by atoms with van der Waals surface area (Å²) in [5, 5.41) is 13.4. The highest BCUT2D eigenvalue weighted by Crippen LogP contribution is 2.23. The molecule has 0 bridgehead atoms. The molecule has 1 rings (SSSR count). The van der Waals surface area contributed by atoms with Crippen molar-refractivity contribution in [2.75, 3.05) is 31.3 Å². The van der Waals surface area contributed by atoms with Gasteiger partial charge in [0.2, 0.25) is 0 Å². The van der Waals surface area contributed by atoms with Crippen molar-refractivity contribution in [3.8, 4) is 0 Å². The summed E-state index contributed by atoms with van der Waals surface area (Å²) in [6.45, 7) is 1.16. The van der Waals surface area contributed by atoms with Crippen LogP contribution in [-0.4, -0.2) is 25.2 Å². The molecule has 0 atom stereocenters.